The van der Waals surface area contributed by atoms with Crippen LogP contribution < -0.4 is 5.73 Å². The summed E-state index contributed by atoms with van der Waals surface area (Å²) in [5.74, 6) is -0.639. The first-order valence-corrected chi connectivity index (χ1v) is 5.17. The number of hydrogen-bond donors (Lipinski definition) is 3. The van der Waals surface area contributed by atoms with Crippen molar-refractivity contribution in [1.82, 2.24) is 4.90 Å². The Kier molecular flexibility index (Phi) is 4.33. The normalized spacial score (nSPS) is 13.9. The summed E-state index contributed by atoms with van der Waals surface area (Å²) < 4.78 is 15.0. The van der Waals surface area contributed by atoms with Crippen molar-refractivity contribution in [3.63, 3.8) is 0 Å². The molecule has 0 aromatic rings. The van der Waals surface area contributed by atoms with Crippen LogP contribution in [0.5, 0.6) is 0 Å². The van der Waals surface area contributed by atoms with Gasteiger partial charge in [0.2, 0.25) is 0 Å². The molecule has 0 bridgehead atoms. The Hall–Kier alpha value is -1.33. The quantitative estimate of drug-likeness (QED) is 0.340. The maximum Gasteiger partial charge on any atom is 0.402 e. The third-order valence-corrected chi connectivity index (χ3v) is 2.17. The van der Waals surface area contributed by atoms with Gasteiger partial charge < -0.3 is 20.1 Å². The zero-order valence-electron chi connectivity index (χ0n) is 7.64. The zero-order chi connectivity index (χ0) is 11.4. The Labute approximate surface area is 81.2 Å². The SMILES string of the molecule is C=CP(=O)(O)OC(=O)CN(C)C(=N)N. The number of carbonyl (C=O) groups excluding carboxylic acids is 1. The van der Waals surface area contributed by atoms with Gasteiger partial charge in [-0.05, 0) is 0 Å². The molecule has 0 fully saturated rings. The summed E-state index contributed by atoms with van der Waals surface area (Å²) in [6, 6.07) is 0. The minimum Gasteiger partial charge on any atom is -0.387 e. The lowest BCUT2D eigenvalue weighted by molar-refractivity contribution is -0.134. The molecule has 14 heavy (non-hydrogen) atoms. The van der Waals surface area contributed by atoms with E-state index in [-0.39, 0.29) is 12.5 Å². The summed E-state index contributed by atoms with van der Waals surface area (Å²) in [5, 5.41) is 6.91. The van der Waals surface area contributed by atoms with E-state index in [2.05, 4.69) is 11.1 Å². The molecule has 1 unspecified atom stereocenters. The molecule has 0 aromatic heterocycles. The van der Waals surface area contributed by atoms with E-state index in [1.807, 2.05) is 0 Å². The van der Waals surface area contributed by atoms with Crippen LogP contribution >= 0.6 is 7.60 Å². The molecular formula is C6H12N3O4P. The fourth-order valence-corrected chi connectivity index (χ4v) is 0.915. The second-order valence-electron chi connectivity index (χ2n) is 2.45. The predicted octanol–water partition coefficient (Wildman–Crippen LogP) is -0.316. The number of nitrogens with two attached hydrogens (primary N) is 1. The molecule has 0 rings (SSSR count). The molecular weight excluding hydrogens is 209 g/mol. The van der Waals surface area contributed by atoms with Gasteiger partial charge in [0, 0.05) is 12.9 Å². The van der Waals surface area contributed by atoms with Crippen molar-refractivity contribution >= 4 is 19.5 Å². The average Bonchev–Trinajstić information content (AvgIpc) is 2.02. The van der Waals surface area contributed by atoms with Crippen LogP contribution in [-0.2, 0) is 13.9 Å². The lowest BCUT2D eigenvalue weighted by Crippen LogP contribution is -2.37. The zero-order valence-corrected chi connectivity index (χ0v) is 8.53. The van der Waals surface area contributed by atoms with Crippen molar-refractivity contribution in [3.05, 3.63) is 12.4 Å². The second-order valence-corrected chi connectivity index (χ2v) is 4.13. The highest BCUT2D eigenvalue weighted by Crippen LogP contribution is 2.42. The minimum absolute atomic E-state index is 0.340. The molecule has 4 N–H and O–H groups in total. The summed E-state index contributed by atoms with van der Waals surface area (Å²) in [4.78, 5) is 20.8. The molecule has 0 aliphatic carbocycles. The van der Waals surface area contributed by atoms with Crippen LogP contribution in [0.1, 0.15) is 0 Å². The van der Waals surface area contributed by atoms with E-state index in [4.69, 9.17) is 16.0 Å². The lowest BCUT2D eigenvalue weighted by atomic mass is 10.6. The van der Waals surface area contributed by atoms with Crippen LogP contribution in [0.4, 0.5) is 0 Å². The van der Waals surface area contributed by atoms with Gasteiger partial charge in [0.05, 0.1) is 0 Å². The van der Waals surface area contributed by atoms with Crippen LogP contribution in [-0.4, -0.2) is 35.3 Å². The van der Waals surface area contributed by atoms with Crippen molar-refractivity contribution in [3.8, 4) is 0 Å². The van der Waals surface area contributed by atoms with Gasteiger partial charge in [-0.1, -0.05) is 6.58 Å². The fourth-order valence-electron chi connectivity index (χ4n) is 0.491. The molecule has 0 spiro atoms. The van der Waals surface area contributed by atoms with Crippen LogP contribution in [0, 0.1) is 5.41 Å². The van der Waals surface area contributed by atoms with Crippen LogP contribution in [0.15, 0.2) is 12.4 Å². The van der Waals surface area contributed by atoms with Gasteiger partial charge in [-0.3, -0.25) is 5.41 Å². The summed E-state index contributed by atoms with van der Waals surface area (Å²) in [5.41, 5.74) is 5.03. The van der Waals surface area contributed by atoms with Crippen molar-refractivity contribution in [2.75, 3.05) is 13.6 Å². The monoisotopic (exact) mass is 221 g/mol. The maximum absolute atomic E-state index is 10.9. The summed E-state index contributed by atoms with van der Waals surface area (Å²) in [6.45, 7) is 2.66. The molecule has 0 saturated heterocycles. The van der Waals surface area contributed by atoms with Gasteiger partial charge in [-0.15, -0.1) is 0 Å². The van der Waals surface area contributed by atoms with Crippen molar-refractivity contribution < 1.29 is 18.8 Å². The van der Waals surface area contributed by atoms with E-state index in [9.17, 15) is 9.36 Å². The van der Waals surface area contributed by atoms with Gasteiger partial charge in [0.1, 0.15) is 6.54 Å². The smallest absolute Gasteiger partial charge is 0.387 e. The highest BCUT2D eigenvalue weighted by molar-refractivity contribution is 7.56. The van der Waals surface area contributed by atoms with Gasteiger partial charge in [-0.2, -0.15) is 0 Å². The number of carbonyl (C=O) groups is 1. The molecule has 7 nitrogen and oxygen atoms in total. The first-order chi connectivity index (χ1) is 6.28. The number of rotatable bonds is 4. The van der Waals surface area contributed by atoms with Crippen LogP contribution in [0.25, 0.3) is 0 Å². The number of nitrogens with one attached hydrogen (secondary N) is 1. The Morgan fingerprint density at radius 2 is 2.36 bits per heavy atom. The first-order valence-electron chi connectivity index (χ1n) is 3.52. The Bertz CT molecular complexity index is 303. The summed E-state index contributed by atoms with van der Waals surface area (Å²) in [6.07, 6.45) is 0. The Balaban J connectivity index is 4.19. The number of hydrogen-bond acceptors (Lipinski definition) is 4. The molecule has 0 aromatic carbocycles. The van der Waals surface area contributed by atoms with E-state index < -0.39 is 13.6 Å². The minimum atomic E-state index is -4.04. The average molecular weight is 221 g/mol. The molecule has 0 aliphatic rings. The predicted molar refractivity (Wildman–Crippen MR) is 50.7 cm³/mol. The van der Waals surface area contributed by atoms with Gasteiger partial charge in [0.15, 0.2) is 5.96 Å². The Morgan fingerprint density at radius 3 is 2.71 bits per heavy atom. The molecule has 0 aliphatic heterocycles. The van der Waals surface area contributed by atoms with Crippen molar-refractivity contribution in [1.29, 1.82) is 5.41 Å². The molecule has 1 atom stereocenters. The number of nitrogens with zero attached hydrogens (tertiary/aromatic N) is 1. The molecule has 0 saturated carbocycles. The number of guanidine groups is 1. The van der Waals surface area contributed by atoms with Crippen LogP contribution in [0.3, 0.4) is 0 Å². The van der Waals surface area contributed by atoms with E-state index in [1.54, 1.807) is 0 Å². The summed E-state index contributed by atoms with van der Waals surface area (Å²) in [7, 11) is -2.66. The third kappa shape index (κ3) is 4.64. The van der Waals surface area contributed by atoms with E-state index in [0.717, 1.165) is 4.90 Å². The fraction of sp³-hybridized carbons (Fsp3) is 0.333. The van der Waals surface area contributed by atoms with Gasteiger partial charge in [-0.25, -0.2) is 9.36 Å². The van der Waals surface area contributed by atoms with Crippen molar-refractivity contribution in [2.45, 2.75) is 0 Å². The lowest BCUT2D eigenvalue weighted by Gasteiger charge is -2.15. The van der Waals surface area contributed by atoms with E-state index >= 15 is 0 Å². The molecule has 80 valence electrons. The van der Waals surface area contributed by atoms with Crippen LogP contribution in [0.2, 0.25) is 0 Å². The molecule has 0 radical (unpaired) electrons. The highest BCUT2D eigenvalue weighted by atomic mass is 31.2. The van der Waals surface area contributed by atoms with Crippen molar-refractivity contribution in [2.24, 2.45) is 5.73 Å². The van der Waals surface area contributed by atoms with E-state index in [0.29, 0.717) is 5.82 Å². The van der Waals surface area contributed by atoms with Gasteiger partial charge in [0.25, 0.3) is 0 Å². The Morgan fingerprint density at radius 1 is 1.86 bits per heavy atom. The standard InChI is InChI=1S/C6H12N3O4P/c1-3-14(11,12)13-5(10)4-9(2)6(7)8/h3H,1,4H2,2H3,(H3,7,8)(H,11,12). The highest BCUT2D eigenvalue weighted by Gasteiger charge is 2.20. The largest absolute Gasteiger partial charge is 0.402 e. The maximum atomic E-state index is 10.9. The molecule has 8 heteroatoms. The van der Waals surface area contributed by atoms with Gasteiger partial charge >= 0.3 is 13.6 Å². The number of likely N-dealkylation sites (N-methyl/N-ethyl adjacent to an activating group) is 1. The summed E-state index contributed by atoms with van der Waals surface area (Å²) >= 11 is 0. The second kappa shape index (κ2) is 4.78. The first kappa shape index (κ1) is 12.7. The molecule has 0 amide bonds. The third-order valence-electron chi connectivity index (χ3n) is 1.24. The van der Waals surface area contributed by atoms with E-state index in [1.165, 1.54) is 7.05 Å². The topological polar surface area (TPSA) is 117 Å². The molecule has 0 heterocycles.